The average Bonchev–Trinajstić information content (AvgIpc) is 2.56. The van der Waals surface area contributed by atoms with Crippen LogP contribution in [0.2, 0.25) is 0 Å². The van der Waals surface area contributed by atoms with Gasteiger partial charge in [0.25, 0.3) is 0 Å². The van der Waals surface area contributed by atoms with E-state index in [-0.39, 0.29) is 6.42 Å². The van der Waals surface area contributed by atoms with Gasteiger partial charge in [0.15, 0.2) is 0 Å². The van der Waals surface area contributed by atoms with E-state index in [1.807, 2.05) is 12.1 Å². The summed E-state index contributed by atoms with van der Waals surface area (Å²) in [6.07, 6.45) is 6.57. The van der Waals surface area contributed by atoms with Gasteiger partial charge in [0.2, 0.25) is 0 Å². The van der Waals surface area contributed by atoms with Crippen LogP contribution in [0.25, 0.3) is 0 Å². The van der Waals surface area contributed by atoms with E-state index in [0.29, 0.717) is 6.04 Å². The Hall–Kier alpha value is -1.39. The van der Waals surface area contributed by atoms with E-state index in [9.17, 15) is 4.79 Å². The zero-order chi connectivity index (χ0) is 15.4. The summed E-state index contributed by atoms with van der Waals surface area (Å²) in [4.78, 5) is 10.9. The van der Waals surface area contributed by atoms with Gasteiger partial charge in [-0.25, -0.2) is 0 Å². The number of hydrogen-bond acceptors (Lipinski definition) is 2. The standard InChI is InChI=1S/C18H26N2O2/c21-18(22)14-15-4-6-16(7-5-15)20(12-2-1-3-13-20)17-8-10-19-11-9-17/h4-7,17,19H,1-3,8-14H2/p+1. The van der Waals surface area contributed by atoms with Crippen molar-refractivity contribution in [3.8, 4) is 0 Å². The van der Waals surface area contributed by atoms with E-state index < -0.39 is 5.97 Å². The lowest BCUT2D eigenvalue weighted by atomic mass is 9.94. The van der Waals surface area contributed by atoms with Gasteiger partial charge in [-0.15, -0.1) is 0 Å². The Balaban J connectivity index is 1.86. The molecule has 4 nitrogen and oxygen atoms in total. The first-order chi connectivity index (χ1) is 10.7. The molecule has 0 unspecified atom stereocenters. The van der Waals surface area contributed by atoms with Crippen molar-refractivity contribution in [2.24, 2.45) is 0 Å². The lowest BCUT2D eigenvalue weighted by Gasteiger charge is -2.48. The topological polar surface area (TPSA) is 49.3 Å². The molecule has 1 aromatic rings. The molecule has 0 aliphatic carbocycles. The lowest BCUT2D eigenvalue weighted by Crippen LogP contribution is -2.62. The van der Waals surface area contributed by atoms with Gasteiger partial charge in [-0.2, -0.15) is 0 Å². The number of nitrogens with one attached hydrogen (secondary N) is 1. The first-order valence-corrected chi connectivity index (χ1v) is 8.59. The predicted octanol–water partition coefficient (Wildman–Crippen LogP) is 2.56. The molecule has 1 aromatic carbocycles. The van der Waals surface area contributed by atoms with Crippen LogP contribution in [-0.4, -0.2) is 43.3 Å². The van der Waals surface area contributed by atoms with Crippen LogP contribution in [-0.2, 0) is 11.2 Å². The first-order valence-electron chi connectivity index (χ1n) is 8.59. The van der Waals surface area contributed by atoms with Gasteiger partial charge < -0.3 is 10.4 Å². The second kappa shape index (κ2) is 6.80. The van der Waals surface area contributed by atoms with Crippen LogP contribution >= 0.6 is 0 Å². The fourth-order valence-electron chi connectivity index (χ4n) is 4.30. The number of rotatable bonds is 4. The van der Waals surface area contributed by atoms with Gasteiger partial charge in [0.1, 0.15) is 5.69 Å². The molecule has 2 aliphatic heterocycles. The minimum absolute atomic E-state index is 0.119. The number of piperidine rings is 2. The maximum absolute atomic E-state index is 10.9. The molecule has 0 radical (unpaired) electrons. The highest BCUT2D eigenvalue weighted by atomic mass is 16.4. The average molecular weight is 303 g/mol. The number of benzene rings is 1. The van der Waals surface area contributed by atoms with Gasteiger partial charge in [-0.3, -0.25) is 9.28 Å². The monoisotopic (exact) mass is 303 g/mol. The Labute approximate surface area is 132 Å². The third kappa shape index (κ3) is 3.18. The van der Waals surface area contributed by atoms with Gasteiger partial charge in [0.05, 0.1) is 25.6 Å². The molecule has 0 amide bonds. The fourth-order valence-corrected chi connectivity index (χ4v) is 4.30. The Morgan fingerprint density at radius 2 is 1.73 bits per heavy atom. The van der Waals surface area contributed by atoms with E-state index in [0.717, 1.165) is 23.1 Å². The van der Waals surface area contributed by atoms with Crippen LogP contribution in [0.1, 0.15) is 37.7 Å². The lowest BCUT2D eigenvalue weighted by molar-refractivity contribution is -0.136. The molecular weight excluding hydrogens is 276 g/mol. The normalized spacial score (nSPS) is 22.4. The Bertz CT molecular complexity index is 500. The van der Waals surface area contributed by atoms with E-state index in [4.69, 9.17) is 5.11 Å². The first kappa shape index (κ1) is 15.5. The smallest absolute Gasteiger partial charge is 0.307 e. The molecule has 0 atom stereocenters. The summed E-state index contributed by atoms with van der Waals surface area (Å²) in [6, 6.07) is 9.11. The molecule has 2 saturated heterocycles. The summed E-state index contributed by atoms with van der Waals surface area (Å²) in [5.74, 6) is -0.757. The van der Waals surface area contributed by atoms with Crippen LogP contribution in [0.5, 0.6) is 0 Å². The molecule has 4 heteroatoms. The van der Waals surface area contributed by atoms with Crippen molar-refractivity contribution in [1.29, 1.82) is 0 Å². The highest BCUT2D eigenvalue weighted by molar-refractivity contribution is 5.70. The summed E-state index contributed by atoms with van der Waals surface area (Å²) < 4.78 is 1.12. The Morgan fingerprint density at radius 3 is 2.32 bits per heavy atom. The Kier molecular flexibility index (Phi) is 4.79. The van der Waals surface area contributed by atoms with Gasteiger partial charge >= 0.3 is 5.97 Å². The summed E-state index contributed by atoms with van der Waals surface area (Å²) in [7, 11) is 0. The molecule has 2 fully saturated rings. The van der Waals surface area contributed by atoms with E-state index in [2.05, 4.69) is 17.4 Å². The number of quaternary nitrogens is 1. The zero-order valence-corrected chi connectivity index (χ0v) is 13.3. The number of hydrogen-bond donors (Lipinski definition) is 2. The quantitative estimate of drug-likeness (QED) is 0.841. The molecule has 120 valence electrons. The number of carboxylic acids is 1. The maximum atomic E-state index is 10.9. The molecule has 2 N–H and O–H groups in total. The molecule has 0 aromatic heterocycles. The number of aliphatic carboxylic acids is 1. The van der Waals surface area contributed by atoms with Gasteiger partial charge in [-0.05, 0) is 37.0 Å². The van der Waals surface area contributed by atoms with Crippen LogP contribution in [0.4, 0.5) is 5.69 Å². The second-order valence-electron chi connectivity index (χ2n) is 6.76. The highest BCUT2D eigenvalue weighted by Gasteiger charge is 2.40. The SMILES string of the molecule is O=C(O)Cc1ccc([N+]2(C3CCNCC3)CCCCC2)cc1. The summed E-state index contributed by atoms with van der Waals surface area (Å²) in [5, 5.41) is 12.4. The minimum atomic E-state index is -0.757. The molecule has 3 rings (SSSR count). The minimum Gasteiger partial charge on any atom is -0.481 e. The van der Waals surface area contributed by atoms with Crippen molar-refractivity contribution in [1.82, 2.24) is 9.80 Å². The number of carbonyl (C=O) groups is 1. The summed E-state index contributed by atoms with van der Waals surface area (Å²) in [6.45, 7) is 4.73. The fraction of sp³-hybridized carbons (Fsp3) is 0.611. The summed E-state index contributed by atoms with van der Waals surface area (Å²) >= 11 is 0. The van der Waals surface area contributed by atoms with Crippen molar-refractivity contribution >= 4 is 11.7 Å². The van der Waals surface area contributed by atoms with E-state index in [1.165, 1.54) is 50.9 Å². The molecule has 0 saturated carbocycles. The van der Waals surface area contributed by atoms with Crippen molar-refractivity contribution < 1.29 is 9.90 Å². The van der Waals surface area contributed by atoms with Crippen LogP contribution in [0, 0.1) is 0 Å². The van der Waals surface area contributed by atoms with Crippen LogP contribution in [0.3, 0.4) is 0 Å². The summed E-state index contributed by atoms with van der Waals surface area (Å²) in [5.41, 5.74) is 2.29. The number of carboxylic acid groups (broad SMARTS) is 1. The van der Waals surface area contributed by atoms with E-state index in [1.54, 1.807) is 0 Å². The molecule has 2 aliphatic rings. The molecule has 0 bridgehead atoms. The molecule has 2 heterocycles. The number of nitrogens with zero attached hydrogens (tertiary/aromatic N) is 1. The zero-order valence-electron chi connectivity index (χ0n) is 13.3. The largest absolute Gasteiger partial charge is 0.481 e. The van der Waals surface area contributed by atoms with Crippen molar-refractivity contribution in [3.63, 3.8) is 0 Å². The Morgan fingerprint density at radius 1 is 1.09 bits per heavy atom. The maximum Gasteiger partial charge on any atom is 0.307 e. The van der Waals surface area contributed by atoms with Crippen LogP contribution in [0.15, 0.2) is 24.3 Å². The van der Waals surface area contributed by atoms with Gasteiger partial charge in [-0.1, -0.05) is 12.1 Å². The van der Waals surface area contributed by atoms with E-state index >= 15 is 0 Å². The van der Waals surface area contributed by atoms with Crippen LogP contribution < -0.4 is 9.80 Å². The van der Waals surface area contributed by atoms with Gasteiger partial charge in [0, 0.05) is 25.9 Å². The van der Waals surface area contributed by atoms with Crippen molar-refractivity contribution in [2.75, 3.05) is 26.2 Å². The van der Waals surface area contributed by atoms with Crippen molar-refractivity contribution in [3.05, 3.63) is 29.8 Å². The second-order valence-corrected chi connectivity index (χ2v) is 6.76. The molecular formula is C18H27N2O2+. The third-order valence-electron chi connectivity index (χ3n) is 5.43. The predicted molar refractivity (Wildman–Crippen MR) is 89.1 cm³/mol. The third-order valence-corrected chi connectivity index (χ3v) is 5.43. The molecule has 22 heavy (non-hydrogen) atoms. The van der Waals surface area contributed by atoms with Crippen molar-refractivity contribution in [2.45, 2.75) is 44.6 Å². The molecule has 0 spiro atoms. The highest BCUT2D eigenvalue weighted by Crippen LogP contribution is 2.35. The number of likely N-dealkylation sites (tertiary alicyclic amines) is 1.